The van der Waals surface area contributed by atoms with E-state index in [-0.39, 0.29) is 6.61 Å². The number of nitrogens with zero attached hydrogens (tertiary/aromatic N) is 1. The van der Waals surface area contributed by atoms with E-state index in [1.54, 1.807) is 24.3 Å². The summed E-state index contributed by atoms with van der Waals surface area (Å²) in [5.74, 6) is -0.664. The fourth-order valence-corrected chi connectivity index (χ4v) is 1.86. The molecule has 2 rings (SSSR count). The number of aliphatic hydroxyl groups excluding tert-OH is 1. The molecular weight excluding hydrogens is 264 g/mol. The minimum absolute atomic E-state index is 0.259. The van der Waals surface area contributed by atoms with Crippen LogP contribution in [0.3, 0.4) is 0 Å². The van der Waals surface area contributed by atoms with Gasteiger partial charge in [0.25, 0.3) is 0 Å². The van der Waals surface area contributed by atoms with Crippen molar-refractivity contribution in [1.29, 1.82) is 0 Å². The number of hydrogen-bond donors (Lipinski definition) is 1. The first kappa shape index (κ1) is 12.3. The molecule has 1 aromatic carbocycles. The van der Waals surface area contributed by atoms with Gasteiger partial charge in [0.15, 0.2) is 0 Å². The van der Waals surface area contributed by atoms with Gasteiger partial charge in [-0.1, -0.05) is 23.2 Å². The summed E-state index contributed by atoms with van der Waals surface area (Å²) in [4.78, 5) is 3.73. The summed E-state index contributed by atoms with van der Waals surface area (Å²) < 4.78 is 13.2. The Labute approximate surface area is 108 Å². The highest BCUT2D eigenvalue weighted by molar-refractivity contribution is 6.35. The highest BCUT2D eigenvalue weighted by atomic mass is 35.5. The Morgan fingerprint density at radius 2 is 1.94 bits per heavy atom. The minimum atomic E-state index is -0.664. The van der Waals surface area contributed by atoms with Crippen LogP contribution in [0, 0.1) is 5.95 Å². The predicted octanol–water partition coefficient (Wildman–Crippen LogP) is 3.69. The molecule has 0 aliphatic heterocycles. The van der Waals surface area contributed by atoms with Crippen LogP contribution in [0.25, 0.3) is 11.3 Å². The van der Waals surface area contributed by atoms with Crippen LogP contribution in [0.1, 0.15) is 5.56 Å². The monoisotopic (exact) mass is 271 g/mol. The lowest BCUT2D eigenvalue weighted by Crippen LogP contribution is -1.93. The molecule has 1 aromatic heterocycles. The third-order valence-electron chi connectivity index (χ3n) is 2.24. The van der Waals surface area contributed by atoms with E-state index in [1.807, 2.05) is 0 Å². The van der Waals surface area contributed by atoms with Gasteiger partial charge in [-0.2, -0.15) is 4.39 Å². The molecule has 0 radical (unpaired) electrons. The summed E-state index contributed by atoms with van der Waals surface area (Å²) in [5, 5.41) is 9.92. The second kappa shape index (κ2) is 5.00. The predicted molar refractivity (Wildman–Crippen MR) is 65.6 cm³/mol. The van der Waals surface area contributed by atoms with Crippen molar-refractivity contribution in [3.05, 3.63) is 51.9 Å². The van der Waals surface area contributed by atoms with Crippen molar-refractivity contribution >= 4 is 23.2 Å². The average Bonchev–Trinajstić information content (AvgIpc) is 2.31. The minimum Gasteiger partial charge on any atom is -0.392 e. The van der Waals surface area contributed by atoms with E-state index in [4.69, 9.17) is 28.3 Å². The zero-order chi connectivity index (χ0) is 12.4. The summed E-state index contributed by atoms with van der Waals surface area (Å²) in [6.45, 7) is -0.259. The Bertz CT molecular complexity index is 560. The highest BCUT2D eigenvalue weighted by Crippen LogP contribution is 2.29. The van der Waals surface area contributed by atoms with Gasteiger partial charge in [-0.25, -0.2) is 4.98 Å². The standard InChI is InChI=1S/C12H8Cl2FNO/c13-8-1-2-10(14)9(5-8)11-3-7(6-17)4-12(15)16-11/h1-5,17H,6H2. The van der Waals surface area contributed by atoms with Gasteiger partial charge in [-0.3, -0.25) is 0 Å². The maximum Gasteiger partial charge on any atom is 0.213 e. The van der Waals surface area contributed by atoms with Crippen molar-refractivity contribution in [1.82, 2.24) is 4.98 Å². The molecule has 5 heteroatoms. The van der Waals surface area contributed by atoms with Gasteiger partial charge in [0.2, 0.25) is 5.95 Å². The number of rotatable bonds is 2. The number of pyridine rings is 1. The Kier molecular flexibility index (Phi) is 3.62. The molecule has 17 heavy (non-hydrogen) atoms. The lowest BCUT2D eigenvalue weighted by molar-refractivity contribution is 0.281. The Morgan fingerprint density at radius 1 is 1.18 bits per heavy atom. The van der Waals surface area contributed by atoms with Crippen LogP contribution in [0.5, 0.6) is 0 Å². The van der Waals surface area contributed by atoms with Crippen molar-refractivity contribution in [2.24, 2.45) is 0 Å². The number of aromatic nitrogens is 1. The van der Waals surface area contributed by atoms with Crippen LogP contribution < -0.4 is 0 Å². The number of benzene rings is 1. The first-order valence-corrected chi connectivity index (χ1v) is 5.58. The molecule has 0 amide bonds. The molecule has 0 aliphatic rings. The van der Waals surface area contributed by atoms with Crippen LogP contribution in [-0.2, 0) is 6.61 Å². The van der Waals surface area contributed by atoms with Gasteiger partial charge in [-0.15, -0.1) is 0 Å². The molecule has 0 atom stereocenters. The van der Waals surface area contributed by atoms with Gasteiger partial charge >= 0.3 is 0 Å². The highest BCUT2D eigenvalue weighted by Gasteiger charge is 2.09. The molecule has 0 spiro atoms. The fourth-order valence-electron chi connectivity index (χ4n) is 1.47. The van der Waals surface area contributed by atoms with Gasteiger partial charge in [0.1, 0.15) is 0 Å². The van der Waals surface area contributed by atoms with Gasteiger partial charge in [-0.05, 0) is 35.9 Å². The molecular formula is C12H8Cl2FNO. The maximum atomic E-state index is 13.2. The lowest BCUT2D eigenvalue weighted by atomic mass is 10.1. The molecule has 1 heterocycles. The Hall–Kier alpha value is -1.16. The third-order valence-corrected chi connectivity index (χ3v) is 2.81. The van der Waals surface area contributed by atoms with Crippen molar-refractivity contribution < 1.29 is 9.50 Å². The van der Waals surface area contributed by atoms with Crippen molar-refractivity contribution in [3.8, 4) is 11.3 Å². The molecule has 0 bridgehead atoms. The molecule has 0 aliphatic carbocycles. The summed E-state index contributed by atoms with van der Waals surface area (Å²) in [7, 11) is 0. The third kappa shape index (κ3) is 2.75. The zero-order valence-corrected chi connectivity index (χ0v) is 10.1. The molecule has 88 valence electrons. The van der Waals surface area contributed by atoms with Crippen LogP contribution in [0.4, 0.5) is 4.39 Å². The van der Waals surface area contributed by atoms with E-state index < -0.39 is 5.95 Å². The number of halogens is 3. The number of hydrogen-bond acceptors (Lipinski definition) is 2. The van der Waals surface area contributed by atoms with E-state index >= 15 is 0 Å². The Balaban J connectivity index is 2.59. The van der Waals surface area contributed by atoms with Crippen molar-refractivity contribution in [3.63, 3.8) is 0 Å². The van der Waals surface area contributed by atoms with E-state index in [0.29, 0.717) is 26.9 Å². The first-order valence-electron chi connectivity index (χ1n) is 4.83. The van der Waals surface area contributed by atoms with Crippen molar-refractivity contribution in [2.45, 2.75) is 6.61 Å². The molecule has 0 saturated carbocycles. The molecule has 2 nitrogen and oxygen atoms in total. The molecule has 0 saturated heterocycles. The van der Waals surface area contributed by atoms with Gasteiger partial charge in [0.05, 0.1) is 17.3 Å². The second-order valence-electron chi connectivity index (χ2n) is 3.47. The van der Waals surface area contributed by atoms with Crippen LogP contribution in [-0.4, -0.2) is 10.1 Å². The molecule has 0 fully saturated rings. The zero-order valence-electron chi connectivity index (χ0n) is 8.62. The van der Waals surface area contributed by atoms with Gasteiger partial charge < -0.3 is 5.11 Å². The summed E-state index contributed by atoms with van der Waals surface area (Å²) in [6, 6.07) is 7.60. The fraction of sp³-hybridized carbons (Fsp3) is 0.0833. The van der Waals surface area contributed by atoms with Crippen LogP contribution >= 0.6 is 23.2 Å². The van der Waals surface area contributed by atoms with E-state index in [1.165, 1.54) is 6.07 Å². The topological polar surface area (TPSA) is 33.1 Å². The van der Waals surface area contributed by atoms with Crippen LogP contribution in [0.15, 0.2) is 30.3 Å². The maximum absolute atomic E-state index is 13.2. The molecule has 0 unspecified atom stereocenters. The summed E-state index contributed by atoms with van der Waals surface area (Å²) in [6.07, 6.45) is 0. The smallest absolute Gasteiger partial charge is 0.213 e. The van der Waals surface area contributed by atoms with E-state index in [2.05, 4.69) is 4.98 Å². The first-order chi connectivity index (χ1) is 8.10. The summed E-state index contributed by atoms with van der Waals surface area (Å²) in [5.41, 5.74) is 1.32. The second-order valence-corrected chi connectivity index (χ2v) is 4.31. The average molecular weight is 272 g/mol. The van der Waals surface area contributed by atoms with Crippen LogP contribution in [0.2, 0.25) is 10.0 Å². The van der Waals surface area contributed by atoms with E-state index in [0.717, 1.165) is 0 Å². The Morgan fingerprint density at radius 3 is 2.65 bits per heavy atom. The largest absolute Gasteiger partial charge is 0.392 e. The SMILES string of the molecule is OCc1cc(F)nc(-c2cc(Cl)ccc2Cl)c1. The van der Waals surface area contributed by atoms with Crippen molar-refractivity contribution in [2.75, 3.05) is 0 Å². The number of aliphatic hydroxyl groups is 1. The van der Waals surface area contributed by atoms with Gasteiger partial charge in [0, 0.05) is 10.6 Å². The molecule has 2 aromatic rings. The summed E-state index contributed by atoms with van der Waals surface area (Å²) >= 11 is 11.8. The quantitative estimate of drug-likeness (QED) is 0.846. The molecule has 1 N–H and O–H groups in total. The van der Waals surface area contributed by atoms with E-state index in [9.17, 15) is 4.39 Å². The lowest BCUT2D eigenvalue weighted by Gasteiger charge is -2.06. The normalized spacial score (nSPS) is 10.6.